The Balaban J connectivity index is 1.77. The Morgan fingerprint density at radius 3 is 2.71 bits per heavy atom. The van der Waals surface area contributed by atoms with Gasteiger partial charge in [-0.15, -0.1) is 0 Å². The fourth-order valence-corrected chi connectivity index (χ4v) is 5.40. The highest BCUT2D eigenvalue weighted by Crippen LogP contribution is 2.44. The summed E-state index contributed by atoms with van der Waals surface area (Å²) in [6.45, 7) is 9.06. The molecule has 0 fully saturated rings. The third kappa shape index (κ3) is 5.41. The Labute approximate surface area is 223 Å². The van der Waals surface area contributed by atoms with E-state index in [1.54, 1.807) is 12.1 Å². The first-order valence-electron chi connectivity index (χ1n) is 13.0. The van der Waals surface area contributed by atoms with Gasteiger partial charge in [-0.3, -0.25) is 9.69 Å². The molecule has 1 aliphatic rings. The van der Waals surface area contributed by atoms with Crippen molar-refractivity contribution in [2.75, 3.05) is 25.0 Å². The van der Waals surface area contributed by atoms with Gasteiger partial charge < -0.3 is 15.2 Å². The molecule has 0 bridgehead atoms. The van der Waals surface area contributed by atoms with Crippen LogP contribution in [0.4, 0.5) is 15.8 Å². The molecule has 0 aliphatic carbocycles. The van der Waals surface area contributed by atoms with E-state index in [2.05, 4.69) is 21.4 Å². The van der Waals surface area contributed by atoms with E-state index in [-0.39, 0.29) is 17.7 Å². The maximum absolute atomic E-state index is 15.9. The minimum Gasteiger partial charge on any atom is -0.492 e. The van der Waals surface area contributed by atoms with Gasteiger partial charge in [-0.25, -0.2) is 9.92 Å². The molecule has 1 heterocycles. The van der Waals surface area contributed by atoms with Gasteiger partial charge in [0.05, 0.1) is 12.1 Å². The molecule has 0 radical (unpaired) electrons. The maximum Gasteiger partial charge on any atom is 0.304 e. The molecule has 3 N–H and O–H groups in total. The van der Waals surface area contributed by atoms with Crippen LogP contribution in [0.15, 0.2) is 59.7 Å². The van der Waals surface area contributed by atoms with Crippen LogP contribution in [0.2, 0.25) is 0 Å². The van der Waals surface area contributed by atoms with Gasteiger partial charge in [-0.05, 0) is 49.1 Å². The lowest BCUT2D eigenvalue weighted by molar-refractivity contribution is -0.138. The van der Waals surface area contributed by atoms with E-state index in [1.165, 1.54) is 0 Å². The van der Waals surface area contributed by atoms with Gasteiger partial charge in [-0.2, -0.15) is 5.11 Å². The standard InChI is InChI=1S/C30H35FN4O3/c1-4-30(17-27(36)37,24-12-13-25(33-5-2)29(34-32)28(24)31)23-11-10-20(3)22(16-23)19-35-14-15-38-26-9-7-6-8-21(26)18-35/h6-13,16,32-33H,4-5,14-15,17-19H2,1-3H3,(H,36,37)/t30-/m1/s1. The number of hydrogen-bond acceptors (Lipinski definition) is 6. The normalized spacial score (nSPS) is 15.1. The van der Waals surface area contributed by atoms with Crippen molar-refractivity contribution in [3.8, 4) is 5.75 Å². The highest BCUT2D eigenvalue weighted by Gasteiger charge is 2.39. The number of carbonyl (C=O) groups is 1. The lowest BCUT2D eigenvalue weighted by Gasteiger charge is -2.34. The van der Waals surface area contributed by atoms with Crippen LogP contribution < -0.4 is 10.1 Å². The number of benzene rings is 3. The number of rotatable bonds is 10. The first-order chi connectivity index (χ1) is 18.3. The Morgan fingerprint density at radius 2 is 2.00 bits per heavy atom. The number of anilines is 1. The summed E-state index contributed by atoms with van der Waals surface area (Å²) in [6.07, 6.45) is 0.0769. The third-order valence-electron chi connectivity index (χ3n) is 7.49. The summed E-state index contributed by atoms with van der Waals surface area (Å²) < 4.78 is 21.9. The number of nitrogens with one attached hydrogen (secondary N) is 2. The molecule has 7 nitrogen and oxygen atoms in total. The highest BCUT2D eigenvalue weighted by atomic mass is 19.1. The lowest BCUT2D eigenvalue weighted by Crippen LogP contribution is -2.32. The van der Waals surface area contributed by atoms with Crippen LogP contribution in [-0.2, 0) is 23.3 Å². The van der Waals surface area contributed by atoms with Crippen molar-refractivity contribution in [3.63, 3.8) is 0 Å². The highest BCUT2D eigenvalue weighted by molar-refractivity contribution is 5.73. The second-order valence-corrected chi connectivity index (χ2v) is 9.78. The fourth-order valence-electron chi connectivity index (χ4n) is 5.40. The molecule has 0 amide bonds. The van der Waals surface area contributed by atoms with Crippen molar-refractivity contribution in [3.05, 3.63) is 88.2 Å². The van der Waals surface area contributed by atoms with Gasteiger partial charge in [0.25, 0.3) is 0 Å². The molecule has 1 aliphatic heterocycles. The molecule has 8 heteroatoms. The average Bonchev–Trinajstić information content (AvgIpc) is 3.11. The number of para-hydroxylation sites is 1. The number of aliphatic carboxylic acids is 1. The van der Waals surface area contributed by atoms with Crippen LogP contribution >= 0.6 is 0 Å². The largest absolute Gasteiger partial charge is 0.492 e. The number of carboxylic acid groups (broad SMARTS) is 1. The number of aryl methyl sites for hydroxylation is 1. The molecular formula is C30H35FN4O3. The van der Waals surface area contributed by atoms with E-state index >= 15 is 4.39 Å². The number of ether oxygens (including phenoxy) is 1. The van der Waals surface area contributed by atoms with Gasteiger partial charge in [0.15, 0.2) is 5.82 Å². The quantitative estimate of drug-likeness (QED) is 0.257. The van der Waals surface area contributed by atoms with Crippen LogP contribution in [-0.4, -0.2) is 35.7 Å². The van der Waals surface area contributed by atoms with Crippen LogP contribution in [0.5, 0.6) is 5.75 Å². The number of nitrogens with zero attached hydrogens (tertiary/aromatic N) is 2. The van der Waals surface area contributed by atoms with Crippen LogP contribution in [0.1, 0.15) is 54.5 Å². The molecular weight excluding hydrogens is 483 g/mol. The topological polar surface area (TPSA) is 98.0 Å². The fraction of sp³-hybridized carbons (Fsp3) is 0.367. The number of carboxylic acids is 1. The van der Waals surface area contributed by atoms with E-state index in [4.69, 9.17) is 10.3 Å². The zero-order valence-corrected chi connectivity index (χ0v) is 22.2. The summed E-state index contributed by atoms with van der Waals surface area (Å²) in [5, 5.41) is 16.4. The van der Waals surface area contributed by atoms with E-state index in [9.17, 15) is 9.90 Å². The average molecular weight is 519 g/mol. The van der Waals surface area contributed by atoms with Crippen LogP contribution in [0.25, 0.3) is 0 Å². The summed E-state index contributed by atoms with van der Waals surface area (Å²) in [4.78, 5) is 14.5. The summed E-state index contributed by atoms with van der Waals surface area (Å²) in [5.41, 5.74) is 11.0. The predicted molar refractivity (Wildman–Crippen MR) is 146 cm³/mol. The Morgan fingerprint density at radius 1 is 1.21 bits per heavy atom. The summed E-state index contributed by atoms with van der Waals surface area (Å²) >= 11 is 0. The summed E-state index contributed by atoms with van der Waals surface area (Å²) in [6, 6.07) is 17.3. The zero-order valence-electron chi connectivity index (χ0n) is 22.2. The second-order valence-electron chi connectivity index (χ2n) is 9.78. The lowest BCUT2D eigenvalue weighted by atomic mass is 9.69. The van der Waals surface area contributed by atoms with Crippen LogP contribution in [0, 0.1) is 18.3 Å². The molecule has 200 valence electrons. The molecule has 1 atom stereocenters. The van der Waals surface area contributed by atoms with Crippen molar-refractivity contribution in [2.24, 2.45) is 5.11 Å². The van der Waals surface area contributed by atoms with Crippen molar-refractivity contribution in [2.45, 2.75) is 52.1 Å². The molecule has 38 heavy (non-hydrogen) atoms. The molecule has 4 rings (SSSR count). The molecule has 0 saturated carbocycles. The number of fused-ring (bicyclic) bond motifs is 1. The summed E-state index contributed by atoms with van der Waals surface area (Å²) in [7, 11) is 0. The zero-order chi connectivity index (χ0) is 27.3. The molecule has 0 spiro atoms. The van der Waals surface area contributed by atoms with Gasteiger partial charge >= 0.3 is 5.97 Å². The van der Waals surface area contributed by atoms with Gasteiger partial charge in [0, 0.05) is 42.7 Å². The number of hydrogen-bond donors (Lipinski definition) is 3. The van der Waals surface area contributed by atoms with Gasteiger partial charge in [0.1, 0.15) is 18.0 Å². The minimum absolute atomic E-state index is 0.108. The van der Waals surface area contributed by atoms with Crippen molar-refractivity contribution in [1.82, 2.24) is 4.90 Å². The molecule has 3 aromatic carbocycles. The maximum atomic E-state index is 15.9. The Kier molecular flexibility index (Phi) is 8.42. The molecule has 0 unspecified atom stereocenters. The van der Waals surface area contributed by atoms with E-state index in [1.807, 2.05) is 57.2 Å². The first kappa shape index (κ1) is 27.3. The SMILES string of the molecule is CCNc1ccc([C@](CC)(CC(=O)O)c2ccc(C)c(CN3CCOc4ccccc4C3)c2)c(F)c1N=N. The van der Waals surface area contributed by atoms with Crippen molar-refractivity contribution in [1.29, 1.82) is 5.53 Å². The van der Waals surface area contributed by atoms with Crippen LogP contribution in [0.3, 0.4) is 0 Å². The first-order valence-corrected chi connectivity index (χ1v) is 13.0. The molecule has 0 saturated heterocycles. The van der Waals surface area contributed by atoms with E-state index in [0.717, 1.165) is 41.1 Å². The van der Waals surface area contributed by atoms with Gasteiger partial charge in [0.2, 0.25) is 0 Å². The second kappa shape index (κ2) is 11.7. The number of halogens is 1. The molecule has 0 aromatic heterocycles. The predicted octanol–water partition coefficient (Wildman–Crippen LogP) is 6.79. The van der Waals surface area contributed by atoms with Gasteiger partial charge in [-0.1, -0.05) is 49.4 Å². The van der Waals surface area contributed by atoms with Crippen molar-refractivity contribution >= 4 is 17.3 Å². The minimum atomic E-state index is -1.13. The van der Waals surface area contributed by atoms with E-state index < -0.39 is 17.2 Å². The Bertz CT molecular complexity index is 1330. The summed E-state index contributed by atoms with van der Waals surface area (Å²) in [5.74, 6) is -0.779. The monoisotopic (exact) mass is 518 g/mol. The molecule has 3 aromatic rings. The van der Waals surface area contributed by atoms with Crippen molar-refractivity contribution < 1.29 is 19.0 Å². The smallest absolute Gasteiger partial charge is 0.304 e. The Hall–Kier alpha value is -3.78. The van der Waals surface area contributed by atoms with E-state index in [0.29, 0.717) is 31.8 Å². The third-order valence-corrected chi connectivity index (χ3v) is 7.49.